The van der Waals surface area contributed by atoms with Gasteiger partial charge in [-0.2, -0.15) is 4.39 Å². The van der Waals surface area contributed by atoms with Gasteiger partial charge in [-0.25, -0.2) is 14.8 Å². The third-order valence-electron chi connectivity index (χ3n) is 1.35. The first-order chi connectivity index (χ1) is 6.60. The Kier molecular flexibility index (Phi) is 3.65. The molecule has 0 atom stereocenters. The molecule has 0 aliphatic rings. The van der Waals surface area contributed by atoms with E-state index >= 15 is 0 Å². The van der Waals surface area contributed by atoms with Crippen LogP contribution in [0, 0.1) is 5.95 Å². The molecule has 0 saturated heterocycles. The van der Waals surface area contributed by atoms with Crippen molar-refractivity contribution in [3.63, 3.8) is 0 Å². The molecular weight excluding hydrogens is 231 g/mol. The molecule has 0 unspecified atom stereocenters. The number of carbonyl (C=O) groups excluding carboxylic acids is 1. The Morgan fingerprint density at radius 3 is 2.71 bits per heavy atom. The normalized spacial score (nSPS) is 10.0. The molecule has 1 heterocycles. The standard InChI is InChI=1S/C7H6ClFN2O2S/c1-13-7(12)3-5(9)11-6(14-2)4(8)10-3/h1-2H3. The Morgan fingerprint density at radius 2 is 2.21 bits per heavy atom. The number of thioether (sulfide) groups is 1. The Labute approximate surface area is 88.8 Å². The van der Waals surface area contributed by atoms with Gasteiger partial charge in [0.05, 0.1) is 7.11 Å². The molecule has 0 bridgehead atoms. The summed E-state index contributed by atoms with van der Waals surface area (Å²) in [5.41, 5.74) is -0.504. The van der Waals surface area contributed by atoms with Gasteiger partial charge in [-0.3, -0.25) is 0 Å². The molecule has 0 spiro atoms. The van der Waals surface area contributed by atoms with Crippen molar-refractivity contribution in [1.82, 2.24) is 9.97 Å². The van der Waals surface area contributed by atoms with Crippen LogP contribution in [0.4, 0.5) is 4.39 Å². The molecule has 76 valence electrons. The minimum atomic E-state index is -0.981. The number of hydrogen-bond donors (Lipinski definition) is 0. The number of esters is 1. The summed E-state index contributed by atoms with van der Waals surface area (Å²) in [6.45, 7) is 0. The predicted molar refractivity (Wildman–Crippen MR) is 50.1 cm³/mol. The van der Waals surface area contributed by atoms with E-state index in [0.717, 1.165) is 18.9 Å². The maximum absolute atomic E-state index is 13.1. The van der Waals surface area contributed by atoms with Gasteiger partial charge in [0.1, 0.15) is 5.03 Å². The van der Waals surface area contributed by atoms with Crippen molar-refractivity contribution < 1.29 is 13.9 Å². The molecule has 0 aromatic carbocycles. The van der Waals surface area contributed by atoms with Gasteiger partial charge in [0.15, 0.2) is 5.15 Å². The van der Waals surface area contributed by atoms with Gasteiger partial charge in [-0.1, -0.05) is 11.6 Å². The van der Waals surface area contributed by atoms with E-state index in [2.05, 4.69) is 14.7 Å². The van der Waals surface area contributed by atoms with Crippen LogP contribution in [0.5, 0.6) is 0 Å². The maximum atomic E-state index is 13.1. The number of methoxy groups -OCH3 is 1. The summed E-state index contributed by atoms with van der Waals surface area (Å²) in [6.07, 6.45) is 1.67. The Morgan fingerprint density at radius 1 is 1.57 bits per heavy atom. The van der Waals surface area contributed by atoms with Crippen molar-refractivity contribution in [2.24, 2.45) is 0 Å². The molecule has 0 aliphatic heterocycles. The highest BCUT2D eigenvalue weighted by Gasteiger charge is 2.18. The van der Waals surface area contributed by atoms with Crippen LogP contribution in [0.15, 0.2) is 5.03 Å². The summed E-state index contributed by atoms with van der Waals surface area (Å²) < 4.78 is 17.4. The van der Waals surface area contributed by atoms with Crippen LogP contribution < -0.4 is 0 Å². The molecule has 0 radical (unpaired) electrons. The van der Waals surface area contributed by atoms with Crippen LogP contribution in [0.1, 0.15) is 10.5 Å². The third kappa shape index (κ3) is 2.13. The number of halogens is 2. The molecule has 0 fully saturated rings. The predicted octanol–water partition coefficient (Wildman–Crippen LogP) is 1.78. The van der Waals surface area contributed by atoms with E-state index in [1.165, 1.54) is 0 Å². The van der Waals surface area contributed by atoms with Crippen molar-refractivity contribution in [1.29, 1.82) is 0 Å². The monoisotopic (exact) mass is 236 g/mol. The number of nitrogens with zero attached hydrogens (tertiary/aromatic N) is 2. The van der Waals surface area contributed by atoms with Crippen LogP contribution in [0.3, 0.4) is 0 Å². The Hall–Kier alpha value is -0.880. The summed E-state index contributed by atoms with van der Waals surface area (Å²) >= 11 is 6.77. The Bertz CT molecular complexity index is 375. The average molecular weight is 237 g/mol. The molecule has 0 saturated carbocycles. The molecule has 4 nitrogen and oxygen atoms in total. The van der Waals surface area contributed by atoms with Crippen molar-refractivity contribution in [3.05, 3.63) is 16.8 Å². The SMILES string of the molecule is COC(=O)c1nc(Cl)c(SC)nc1F. The molecule has 0 aliphatic carbocycles. The van der Waals surface area contributed by atoms with Crippen molar-refractivity contribution in [2.75, 3.05) is 13.4 Å². The fourth-order valence-corrected chi connectivity index (χ4v) is 1.48. The largest absolute Gasteiger partial charge is 0.464 e. The number of rotatable bonds is 2. The van der Waals surface area contributed by atoms with Gasteiger partial charge in [-0.05, 0) is 6.26 Å². The van der Waals surface area contributed by atoms with Crippen LogP contribution in [-0.2, 0) is 4.74 Å². The molecule has 7 heteroatoms. The van der Waals surface area contributed by atoms with Gasteiger partial charge in [0.25, 0.3) is 0 Å². The molecular formula is C7H6ClFN2O2S. The fraction of sp³-hybridized carbons (Fsp3) is 0.286. The van der Waals surface area contributed by atoms with Crippen molar-refractivity contribution in [3.8, 4) is 0 Å². The smallest absolute Gasteiger partial charge is 0.361 e. The fourth-order valence-electron chi connectivity index (χ4n) is 0.737. The summed E-state index contributed by atoms with van der Waals surface area (Å²) in [5.74, 6) is -1.88. The lowest BCUT2D eigenvalue weighted by atomic mass is 10.4. The van der Waals surface area contributed by atoms with E-state index in [1.54, 1.807) is 6.26 Å². The highest BCUT2D eigenvalue weighted by atomic mass is 35.5. The van der Waals surface area contributed by atoms with E-state index in [0.29, 0.717) is 0 Å². The maximum Gasteiger partial charge on any atom is 0.361 e. The Balaban J connectivity index is 3.21. The van der Waals surface area contributed by atoms with Gasteiger partial charge in [-0.15, -0.1) is 11.8 Å². The number of aromatic nitrogens is 2. The molecule has 1 aromatic heterocycles. The zero-order valence-electron chi connectivity index (χ0n) is 7.38. The molecule has 14 heavy (non-hydrogen) atoms. The highest BCUT2D eigenvalue weighted by Crippen LogP contribution is 2.22. The lowest BCUT2D eigenvalue weighted by Crippen LogP contribution is -2.10. The average Bonchev–Trinajstić information content (AvgIpc) is 2.19. The van der Waals surface area contributed by atoms with E-state index in [-0.39, 0.29) is 10.2 Å². The first-order valence-corrected chi connectivity index (χ1v) is 5.05. The zero-order valence-corrected chi connectivity index (χ0v) is 8.95. The van der Waals surface area contributed by atoms with Crippen LogP contribution in [-0.4, -0.2) is 29.3 Å². The van der Waals surface area contributed by atoms with E-state index in [4.69, 9.17) is 11.6 Å². The minimum Gasteiger partial charge on any atom is -0.464 e. The van der Waals surface area contributed by atoms with Crippen LogP contribution >= 0.6 is 23.4 Å². The van der Waals surface area contributed by atoms with E-state index in [1.807, 2.05) is 0 Å². The molecule has 1 rings (SSSR count). The first kappa shape index (κ1) is 11.2. The first-order valence-electron chi connectivity index (χ1n) is 3.45. The number of carbonyl (C=O) groups is 1. The van der Waals surface area contributed by atoms with Crippen molar-refractivity contribution >= 4 is 29.3 Å². The highest BCUT2D eigenvalue weighted by molar-refractivity contribution is 7.98. The molecule has 0 amide bonds. The van der Waals surface area contributed by atoms with Crippen LogP contribution in [0.2, 0.25) is 5.15 Å². The lowest BCUT2D eigenvalue weighted by molar-refractivity contribution is 0.0586. The quantitative estimate of drug-likeness (QED) is 0.579. The van der Waals surface area contributed by atoms with Crippen LogP contribution in [0.25, 0.3) is 0 Å². The van der Waals surface area contributed by atoms with Crippen molar-refractivity contribution in [2.45, 2.75) is 5.03 Å². The number of ether oxygens (including phenoxy) is 1. The minimum absolute atomic E-state index is 0.0145. The second-order valence-corrected chi connectivity index (χ2v) is 3.31. The lowest BCUT2D eigenvalue weighted by Gasteiger charge is -2.02. The summed E-state index contributed by atoms with van der Waals surface area (Å²) in [4.78, 5) is 18.0. The number of hydrogen-bond acceptors (Lipinski definition) is 5. The molecule has 0 N–H and O–H groups in total. The molecule has 1 aromatic rings. The summed E-state index contributed by atoms with van der Waals surface area (Å²) in [7, 11) is 1.12. The van der Waals surface area contributed by atoms with Gasteiger partial charge >= 0.3 is 5.97 Å². The second-order valence-electron chi connectivity index (χ2n) is 2.15. The summed E-state index contributed by atoms with van der Waals surface area (Å²) in [6, 6.07) is 0. The zero-order chi connectivity index (χ0) is 10.7. The topological polar surface area (TPSA) is 52.1 Å². The second kappa shape index (κ2) is 4.56. The summed E-state index contributed by atoms with van der Waals surface area (Å²) in [5, 5.41) is 0.219. The van der Waals surface area contributed by atoms with E-state index < -0.39 is 17.6 Å². The van der Waals surface area contributed by atoms with Gasteiger partial charge < -0.3 is 4.74 Å². The van der Waals surface area contributed by atoms with E-state index in [9.17, 15) is 9.18 Å². The van der Waals surface area contributed by atoms with Gasteiger partial charge in [0.2, 0.25) is 11.6 Å². The van der Waals surface area contributed by atoms with Gasteiger partial charge in [0, 0.05) is 0 Å². The third-order valence-corrected chi connectivity index (χ3v) is 2.40.